The van der Waals surface area contributed by atoms with Crippen molar-refractivity contribution in [1.29, 1.82) is 0 Å². The van der Waals surface area contributed by atoms with Crippen LogP contribution >= 0.6 is 0 Å². The molecular weight excluding hydrogens is 717 g/mol. The van der Waals surface area contributed by atoms with Gasteiger partial charge in [-0.3, -0.25) is 9.63 Å². The predicted molar refractivity (Wildman–Crippen MR) is 211 cm³/mol. The van der Waals surface area contributed by atoms with E-state index in [9.17, 15) is 9.90 Å². The lowest BCUT2D eigenvalue weighted by atomic mass is 9.80. The Morgan fingerprint density at radius 3 is 2.23 bits per heavy atom. The maximum absolute atomic E-state index is 15.7. The summed E-state index contributed by atoms with van der Waals surface area (Å²) in [5, 5.41) is 12.7. The van der Waals surface area contributed by atoms with Crippen LogP contribution in [0, 0.1) is 11.2 Å². The molecule has 1 aliphatic rings. The largest absolute Gasteiger partial charge is 0.497 e. The van der Waals surface area contributed by atoms with Gasteiger partial charge in [0.05, 0.1) is 51.4 Å². The molecule has 12 heteroatoms. The van der Waals surface area contributed by atoms with Crippen LogP contribution in [0.5, 0.6) is 23.0 Å². The average molecular weight is 767 g/mol. The van der Waals surface area contributed by atoms with Crippen molar-refractivity contribution < 1.29 is 47.6 Å². The van der Waals surface area contributed by atoms with E-state index >= 15 is 4.39 Å². The number of para-hydroxylation sites is 1. The molecule has 0 radical (unpaired) electrons. The number of hydroxylamine groups is 1. The van der Waals surface area contributed by atoms with Gasteiger partial charge in [0.1, 0.15) is 29.7 Å². The molecule has 11 nitrogen and oxygen atoms in total. The predicted octanol–water partition coefficient (Wildman–Crippen LogP) is 7.99. The highest BCUT2D eigenvalue weighted by Gasteiger charge is 2.40. The summed E-state index contributed by atoms with van der Waals surface area (Å²) in [6.07, 6.45) is 2.11. The minimum atomic E-state index is -1.32. The van der Waals surface area contributed by atoms with E-state index in [0.717, 1.165) is 53.8 Å². The maximum atomic E-state index is 15.7. The molecule has 0 bridgehead atoms. The Morgan fingerprint density at radius 2 is 1.54 bits per heavy atom. The molecule has 1 aromatic heterocycles. The van der Waals surface area contributed by atoms with Crippen LogP contribution in [0.2, 0.25) is 0 Å². The number of aromatic nitrogens is 1. The number of carbonyl (C=O) groups is 1. The van der Waals surface area contributed by atoms with E-state index in [2.05, 4.69) is 4.90 Å². The number of fused-ring (bicyclic) bond motifs is 1. The molecule has 4 aromatic carbocycles. The van der Waals surface area contributed by atoms with Gasteiger partial charge in [-0.05, 0) is 85.8 Å². The Hall–Kier alpha value is -6.04. The molecule has 56 heavy (non-hydrogen) atoms. The summed E-state index contributed by atoms with van der Waals surface area (Å²) in [5.74, 6) is 1.40. The van der Waals surface area contributed by atoms with Crippen LogP contribution < -0.4 is 23.8 Å². The fourth-order valence-electron chi connectivity index (χ4n) is 6.95. The summed E-state index contributed by atoms with van der Waals surface area (Å²) in [4.78, 5) is 26.7. The zero-order valence-corrected chi connectivity index (χ0v) is 32.5. The first-order valence-electron chi connectivity index (χ1n) is 18.6. The number of hydrogen-bond donors (Lipinski definition) is 1. The SMILES string of the molecule is COC(=O)[C@](C)(CC(O)=[N+](Cc1ccc(OC)cc1OC)OCc1ccc(OC)cc1)Cc1ccc(OCc2cc(N3CCCC3)nc3ccccc23)c(F)c1. The van der Waals surface area contributed by atoms with Gasteiger partial charge < -0.3 is 33.7 Å². The average Bonchev–Trinajstić information content (AvgIpc) is 3.77. The Labute approximate surface area is 326 Å². The second-order valence-corrected chi connectivity index (χ2v) is 14.1. The lowest BCUT2D eigenvalue weighted by Gasteiger charge is -2.25. The number of pyridine rings is 1. The first-order valence-corrected chi connectivity index (χ1v) is 18.6. The van der Waals surface area contributed by atoms with E-state index in [1.54, 1.807) is 52.5 Å². The molecule has 1 N–H and O–H groups in total. The van der Waals surface area contributed by atoms with Gasteiger partial charge >= 0.3 is 11.9 Å². The zero-order chi connectivity index (χ0) is 39.7. The highest BCUT2D eigenvalue weighted by atomic mass is 19.1. The van der Waals surface area contributed by atoms with Crippen molar-refractivity contribution in [3.05, 3.63) is 119 Å². The third-order valence-electron chi connectivity index (χ3n) is 10.1. The summed E-state index contributed by atoms with van der Waals surface area (Å²) in [6, 6.07) is 27.2. The Morgan fingerprint density at radius 1 is 0.821 bits per heavy atom. The molecule has 1 atom stereocenters. The van der Waals surface area contributed by atoms with Gasteiger partial charge in [-0.15, -0.1) is 0 Å². The second-order valence-electron chi connectivity index (χ2n) is 14.1. The Balaban J connectivity index is 1.23. The van der Waals surface area contributed by atoms with E-state index in [-0.39, 0.29) is 44.2 Å². The molecule has 2 heterocycles. The molecule has 5 aromatic rings. The zero-order valence-electron chi connectivity index (χ0n) is 32.5. The number of hydrogen-bond acceptors (Lipinski definition) is 9. The van der Waals surface area contributed by atoms with Crippen LogP contribution in [0.15, 0.2) is 91.0 Å². The van der Waals surface area contributed by atoms with E-state index in [1.807, 2.05) is 60.7 Å². The number of aliphatic hydroxyl groups is 1. The van der Waals surface area contributed by atoms with Crippen LogP contribution in [-0.4, -0.2) is 68.2 Å². The minimum absolute atomic E-state index is 0.0489. The number of ether oxygens (including phenoxy) is 5. The van der Waals surface area contributed by atoms with E-state index in [0.29, 0.717) is 28.4 Å². The monoisotopic (exact) mass is 766 g/mol. The van der Waals surface area contributed by atoms with Gasteiger partial charge in [0.2, 0.25) is 6.54 Å². The van der Waals surface area contributed by atoms with Gasteiger partial charge in [-0.2, -0.15) is 0 Å². The van der Waals surface area contributed by atoms with Crippen LogP contribution in [-0.2, 0) is 40.5 Å². The molecule has 1 aliphatic heterocycles. The van der Waals surface area contributed by atoms with Crippen molar-refractivity contribution in [2.75, 3.05) is 46.4 Å². The number of benzene rings is 4. The molecule has 1 saturated heterocycles. The van der Waals surface area contributed by atoms with Crippen LogP contribution in [0.25, 0.3) is 10.9 Å². The van der Waals surface area contributed by atoms with Gasteiger partial charge in [-0.1, -0.05) is 36.4 Å². The molecule has 294 valence electrons. The lowest BCUT2D eigenvalue weighted by Crippen LogP contribution is -2.36. The second kappa shape index (κ2) is 18.1. The highest BCUT2D eigenvalue weighted by molar-refractivity contribution is 5.84. The molecule has 0 saturated carbocycles. The van der Waals surface area contributed by atoms with E-state index < -0.39 is 17.2 Å². The topological polar surface area (TPSA) is 112 Å². The Kier molecular flexibility index (Phi) is 12.8. The van der Waals surface area contributed by atoms with Crippen molar-refractivity contribution >= 4 is 28.6 Å². The van der Waals surface area contributed by atoms with Crippen molar-refractivity contribution in [1.82, 2.24) is 4.98 Å². The summed E-state index contributed by atoms with van der Waals surface area (Å²) < 4.78 is 44.6. The summed E-state index contributed by atoms with van der Waals surface area (Å²) in [5.41, 5.74) is 2.49. The van der Waals surface area contributed by atoms with Crippen molar-refractivity contribution in [3.63, 3.8) is 0 Å². The number of halogens is 1. The standard InChI is InChI=1S/C44H48FN3O8/c1-44(43(50)54-5,26-42(49)48(56-28-30-12-16-34(51-2)17-13-30)27-32-15-18-35(52-3)24-40(32)53-4)25-31-14-19-39(37(45)22-31)55-29-33-23-41(47-20-8-9-21-47)46-38-11-7-6-10-36(33)38/h6-7,10-19,22-24H,8-9,20-21,25-29H2,1-5H3/p+1/t44-/m0/s1. The fourth-order valence-corrected chi connectivity index (χ4v) is 6.95. The van der Waals surface area contributed by atoms with Crippen LogP contribution in [0.1, 0.15) is 48.4 Å². The molecule has 0 aliphatic carbocycles. The summed E-state index contributed by atoms with van der Waals surface area (Å²) in [6.45, 7) is 3.89. The highest BCUT2D eigenvalue weighted by Crippen LogP contribution is 2.33. The number of anilines is 1. The molecule has 0 amide bonds. The number of methoxy groups -OCH3 is 4. The van der Waals surface area contributed by atoms with Gasteiger partial charge in [-0.25, -0.2) is 9.37 Å². The molecular formula is C44H49FN3O8+. The molecule has 6 rings (SSSR count). The van der Waals surface area contributed by atoms with Gasteiger partial charge in [0.25, 0.3) is 0 Å². The first kappa shape index (κ1) is 39.6. The molecule has 1 fully saturated rings. The van der Waals surface area contributed by atoms with Gasteiger partial charge in [0.15, 0.2) is 18.2 Å². The minimum Gasteiger partial charge on any atom is -0.497 e. The van der Waals surface area contributed by atoms with E-state index in [1.165, 1.54) is 17.9 Å². The number of nitrogens with zero attached hydrogens (tertiary/aromatic N) is 3. The van der Waals surface area contributed by atoms with E-state index in [4.69, 9.17) is 33.5 Å². The van der Waals surface area contributed by atoms with Crippen molar-refractivity contribution in [2.45, 2.75) is 52.4 Å². The number of rotatable bonds is 17. The lowest BCUT2D eigenvalue weighted by molar-refractivity contribution is -0.809. The van der Waals surface area contributed by atoms with Crippen molar-refractivity contribution in [3.8, 4) is 23.0 Å². The molecule has 0 unspecified atom stereocenters. The Bertz CT molecular complexity index is 2170. The number of aliphatic hydroxyl groups excluding tert-OH is 1. The normalized spacial score (nSPS) is 14.1. The summed E-state index contributed by atoms with van der Waals surface area (Å²) >= 11 is 0. The third kappa shape index (κ3) is 9.42. The number of esters is 1. The van der Waals surface area contributed by atoms with Crippen LogP contribution in [0.4, 0.5) is 10.2 Å². The summed E-state index contributed by atoms with van der Waals surface area (Å²) in [7, 11) is 5.98. The number of carbonyl (C=O) groups excluding carboxylic acids is 1. The smallest absolute Gasteiger partial charge is 0.384 e. The fraction of sp³-hybridized carbons (Fsp3) is 0.341. The third-order valence-corrected chi connectivity index (χ3v) is 10.1. The van der Waals surface area contributed by atoms with Crippen molar-refractivity contribution in [2.24, 2.45) is 5.41 Å². The quantitative estimate of drug-likeness (QED) is 0.0329. The van der Waals surface area contributed by atoms with Crippen LogP contribution in [0.3, 0.4) is 0 Å². The maximum Gasteiger partial charge on any atom is 0.384 e. The van der Waals surface area contributed by atoms with Gasteiger partial charge in [0, 0.05) is 34.8 Å². The first-order chi connectivity index (χ1) is 27.1. The molecule has 0 spiro atoms.